The number of hydrogen-bond acceptors (Lipinski definition) is 4. The fraction of sp³-hybridized carbons (Fsp3) is 0.357. The highest BCUT2D eigenvalue weighted by Gasteiger charge is 2.18. The number of aliphatic carboxylic acids is 1. The van der Waals surface area contributed by atoms with Crippen LogP contribution in [0, 0.1) is 0 Å². The SMILES string of the molecule is CCCCC(Nc1ncnc2cc(Cl)ccc12)C(=O)O. The van der Waals surface area contributed by atoms with Crippen molar-refractivity contribution < 1.29 is 9.90 Å². The first kappa shape index (κ1) is 14.5. The molecule has 2 aromatic rings. The van der Waals surface area contributed by atoms with Gasteiger partial charge in [-0.2, -0.15) is 0 Å². The maximum absolute atomic E-state index is 11.3. The van der Waals surface area contributed by atoms with Crippen LogP contribution in [-0.2, 0) is 4.79 Å². The van der Waals surface area contributed by atoms with Crippen LogP contribution in [0.2, 0.25) is 5.02 Å². The summed E-state index contributed by atoms with van der Waals surface area (Å²) >= 11 is 5.92. The van der Waals surface area contributed by atoms with Crippen LogP contribution >= 0.6 is 11.6 Å². The zero-order chi connectivity index (χ0) is 14.5. The van der Waals surface area contributed by atoms with Gasteiger partial charge in [-0.05, 0) is 24.6 Å². The molecule has 0 radical (unpaired) electrons. The Hall–Kier alpha value is -1.88. The third kappa shape index (κ3) is 3.36. The van der Waals surface area contributed by atoms with Gasteiger partial charge in [-0.25, -0.2) is 14.8 Å². The first-order chi connectivity index (χ1) is 9.61. The van der Waals surface area contributed by atoms with E-state index in [9.17, 15) is 9.90 Å². The van der Waals surface area contributed by atoms with Crippen LogP contribution in [0.25, 0.3) is 10.9 Å². The lowest BCUT2D eigenvalue weighted by atomic mass is 10.1. The molecule has 0 spiro atoms. The second kappa shape index (κ2) is 6.52. The summed E-state index contributed by atoms with van der Waals surface area (Å²) in [6, 6.07) is 4.61. The van der Waals surface area contributed by atoms with Crippen LogP contribution < -0.4 is 5.32 Å². The van der Waals surface area contributed by atoms with Gasteiger partial charge in [0.15, 0.2) is 0 Å². The molecule has 0 aliphatic heterocycles. The van der Waals surface area contributed by atoms with Crippen molar-refractivity contribution in [2.75, 3.05) is 5.32 Å². The second-order valence-corrected chi connectivity index (χ2v) is 5.00. The van der Waals surface area contributed by atoms with E-state index in [1.807, 2.05) is 6.92 Å². The highest BCUT2D eigenvalue weighted by atomic mass is 35.5. The average Bonchev–Trinajstić information content (AvgIpc) is 2.42. The number of carbonyl (C=O) groups is 1. The minimum absolute atomic E-state index is 0.523. The highest BCUT2D eigenvalue weighted by Crippen LogP contribution is 2.23. The Labute approximate surface area is 122 Å². The molecule has 106 valence electrons. The Bertz CT molecular complexity index is 618. The third-order valence-corrected chi connectivity index (χ3v) is 3.29. The molecule has 1 atom stereocenters. The number of benzene rings is 1. The van der Waals surface area contributed by atoms with Gasteiger partial charge in [0.25, 0.3) is 0 Å². The number of aromatic nitrogens is 2. The highest BCUT2D eigenvalue weighted by molar-refractivity contribution is 6.31. The van der Waals surface area contributed by atoms with E-state index in [1.165, 1.54) is 6.33 Å². The maximum atomic E-state index is 11.3. The Morgan fingerprint density at radius 3 is 2.95 bits per heavy atom. The average molecular weight is 294 g/mol. The van der Waals surface area contributed by atoms with Gasteiger partial charge in [-0.3, -0.25) is 0 Å². The van der Waals surface area contributed by atoms with E-state index in [-0.39, 0.29) is 0 Å². The predicted octanol–water partition coefficient (Wildman–Crippen LogP) is 3.34. The third-order valence-electron chi connectivity index (χ3n) is 3.05. The lowest BCUT2D eigenvalue weighted by molar-refractivity contribution is -0.138. The molecule has 0 amide bonds. The van der Waals surface area contributed by atoms with E-state index >= 15 is 0 Å². The Morgan fingerprint density at radius 1 is 1.45 bits per heavy atom. The van der Waals surface area contributed by atoms with E-state index in [4.69, 9.17) is 11.6 Å². The Balaban J connectivity index is 2.29. The molecule has 5 nitrogen and oxygen atoms in total. The fourth-order valence-electron chi connectivity index (χ4n) is 1.98. The summed E-state index contributed by atoms with van der Waals surface area (Å²) in [6.07, 6.45) is 3.76. The second-order valence-electron chi connectivity index (χ2n) is 4.56. The standard InChI is InChI=1S/C14H16ClN3O2/c1-2-3-4-11(14(19)20)18-13-10-6-5-9(15)7-12(10)16-8-17-13/h5-8,11H,2-4H2,1H3,(H,19,20)(H,16,17,18). The molecule has 2 N–H and O–H groups in total. The molecule has 0 saturated heterocycles. The van der Waals surface area contributed by atoms with Gasteiger partial charge in [-0.15, -0.1) is 0 Å². The number of anilines is 1. The number of unbranched alkanes of at least 4 members (excludes halogenated alkanes) is 1. The lowest BCUT2D eigenvalue weighted by Crippen LogP contribution is -2.29. The van der Waals surface area contributed by atoms with Crippen LogP contribution in [0.1, 0.15) is 26.2 Å². The number of hydrogen-bond donors (Lipinski definition) is 2. The normalized spacial score (nSPS) is 12.3. The molecule has 1 unspecified atom stereocenters. The van der Waals surface area contributed by atoms with E-state index in [2.05, 4.69) is 15.3 Å². The molecule has 0 aliphatic rings. The fourth-order valence-corrected chi connectivity index (χ4v) is 2.14. The molecule has 0 saturated carbocycles. The van der Waals surface area contributed by atoms with Crippen molar-refractivity contribution in [2.45, 2.75) is 32.2 Å². The van der Waals surface area contributed by atoms with Crippen LogP contribution in [0.5, 0.6) is 0 Å². The summed E-state index contributed by atoms with van der Waals surface area (Å²) in [5.74, 6) is -0.352. The number of nitrogens with zero attached hydrogens (tertiary/aromatic N) is 2. The van der Waals surface area contributed by atoms with E-state index in [0.29, 0.717) is 22.8 Å². The monoisotopic (exact) mass is 293 g/mol. The van der Waals surface area contributed by atoms with Crippen LogP contribution in [0.4, 0.5) is 5.82 Å². The Morgan fingerprint density at radius 2 is 2.25 bits per heavy atom. The summed E-state index contributed by atoms with van der Waals surface area (Å²) < 4.78 is 0. The van der Waals surface area contributed by atoms with Gasteiger partial charge in [0, 0.05) is 10.4 Å². The van der Waals surface area contributed by atoms with Crippen molar-refractivity contribution >= 4 is 34.3 Å². The van der Waals surface area contributed by atoms with E-state index < -0.39 is 12.0 Å². The van der Waals surface area contributed by atoms with Crippen LogP contribution in [0.3, 0.4) is 0 Å². The van der Waals surface area contributed by atoms with Gasteiger partial charge >= 0.3 is 5.97 Å². The van der Waals surface area contributed by atoms with Gasteiger partial charge in [0.05, 0.1) is 5.52 Å². The van der Waals surface area contributed by atoms with Crippen molar-refractivity contribution in [1.82, 2.24) is 9.97 Å². The van der Waals surface area contributed by atoms with Gasteiger partial charge < -0.3 is 10.4 Å². The first-order valence-corrected chi connectivity index (χ1v) is 6.89. The summed E-state index contributed by atoms with van der Waals surface area (Å²) in [5, 5.41) is 13.6. The molecule has 0 bridgehead atoms. The maximum Gasteiger partial charge on any atom is 0.326 e. The largest absolute Gasteiger partial charge is 0.480 e. The van der Waals surface area contributed by atoms with Crippen molar-refractivity contribution in [3.05, 3.63) is 29.5 Å². The van der Waals surface area contributed by atoms with Crippen molar-refractivity contribution in [3.63, 3.8) is 0 Å². The minimum Gasteiger partial charge on any atom is -0.480 e. The Kier molecular flexibility index (Phi) is 4.74. The molecule has 20 heavy (non-hydrogen) atoms. The number of carboxylic acids is 1. The zero-order valence-electron chi connectivity index (χ0n) is 11.1. The van der Waals surface area contributed by atoms with Crippen molar-refractivity contribution in [1.29, 1.82) is 0 Å². The molecule has 2 rings (SSSR count). The quantitative estimate of drug-likeness (QED) is 0.854. The number of rotatable bonds is 6. The van der Waals surface area contributed by atoms with Crippen molar-refractivity contribution in [3.8, 4) is 0 Å². The number of fused-ring (bicyclic) bond motifs is 1. The molecule has 6 heteroatoms. The number of halogens is 1. The topological polar surface area (TPSA) is 75.1 Å². The summed E-state index contributed by atoms with van der Waals surface area (Å²) in [7, 11) is 0. The summed E-state index contributed by atoms with van der Waals surface area (Å²) in [6.45, 7) is 2.03. The lowest BCUT2D eigenvalue weighted by Gasteiger charge is -2.15. The minimum atomic E-state index is -0.876. The number of nitrogens with one attached hydrogen (secondary N) is 1. The molecule has 1 heterocycles. The molecule has 1 aromatic carbocycles. The summed E-state index contributed by atoms with van der Waals surface area (Å²) in [4.78, 5) is 19.5. The number of carboxylic acid groups (broad SMARTS) is 1. The molecule has 0 fully saturated rings. The van der Waals surface area contributed by atoms with Gasteiger partial charge in [0.2, 0.25) is 0 Å². The van der Waals surface area contributed by atoms with E-state index in [0.717, 1.165) is 18.2 Å². The van der Waals surface area contributed by atoms with E-state index in [1.54, 1.807) is 18.2 Å². The van der Waals surface area contributed by atoms with Crippen LogP contribution in [0.15, 0.2) is 24.5 Å². The predicted molar refractivity (Wildman–Crippen MR) is 79.1 cm³/mol. The first-order valence-electron chi connectivity index (χ1n) is 6.51. The molecular formula is C14H16ClN3O2. The molecular weight excluding hydrogens is 278 g/mol. The smallest absolute Gasteiger partial charge is 0.326 e. The zero-order valence-corrected chi connectivity index (χ0v) is 11.9. The molecule has 0 aliphatic carbocycles. The van der Waals surface area contributed by atoms with Gasteiger partial charge in [-0.1, -0.05) is 31.4 Å². The molecule has 1 aromatic heterocycles. The van der Waals surface area contributed by atoms with Gasteiger partial charge in [0.1, 0.15) is 18.2 Å². The van der Waals surface area contributed by atoms with Crippen LogP contribution in [-0.4, -0.2) is 27.1 Å². The van der Waals surface area contributed by atoms with Crippen molar-refractivity contribution in [2.24, 2.45) is 0 Å². The summed E-state index contributed by atoms with van der Waals surface area (Å²) in [5.41, 5.74) is 0.689.